The molecule has 1 heterocycles. The predicted octanol–water partition coefficient (Wildman–Crippen LogP) is 2.84. The SMILES string of the molecule is Bc1c(C(C)(C)C)c(B)c2c3c(C)c(C(C)(C)C)c(B)c(C)c3n(C(C)(C)C)c2c1C. The third-order valence-corrected chi connectivity index (χ3v) is 7.43. The first-order valence-corrected chi connectivity index (χ1v) is 11.9. The van der Waals surface area contributed by atoms with E-state index in [0.717, 1.165) is 0 Å². The maximum absolute atomic E-state index is 2.65. The summed E-state index contributed by atoms with van der Waals surface area (Å²) in [5.74, 6) is 0. The van der Waals surface area contributed by atoms with Crippen molar-refractivity contribution >= 4 is 61.7 Å². The van der Waals surface area contributed by atoms with Gasteiger partial charge in [-0.15, -0.1) is 0 Å². The molecule has 1 aromatic heterocycles. The van der Waals surface area contributed by atoms with Crippen LogP contribution in [-0.4, -0.2) is 28.1 Å². The molecule has 0 fully saturated rings. The van der Waals surface area contributed by atoms with Crippen LogP contribution in [0.2, 0.25) is 0 Å². The summed E-state index contributed by atoms with van der Waals surface area (Å²) < 4.78 is 2.65. The van der Waals surface area contributed by atoms with Crippen LogP contribution >= 0.6 is 0 Å². The Kier molecular flexibility index (Phi) is 5.41. The highest BCUT2D eigenvalue weighted by Gasteiger charge is 2.32. The summed E-state index contributed by atoms with van der Waals surface area (Å²) >= 11 is 0. The topological polar surface area (TPSA) is 4.93 Å². The van der Waals surface area contributed by atoms with Crippen molar-refractivity contribution in [2.24, 2.45) is 0 Å². The zero-order chi connectivity index (χ0) is 24.0. The third kappa shape index (κ3) is 3.40. The molecular formula is C27H42B3N. The number of nitrogens with zero attached hydrogens (tertiary/aromatic N) is 1. The second kappa shape index (κ2) is 6.96. The molecule has 0 atom stereocenters. The molecule has 0 saturated carbocycles. The molecule has 31 heavy (non-hydrogen) atoms. The lowest BCUT2D eigenvalue weighted by Gasteiger charge is -2.30. The predicted molar refractivity (Wildman–Crippen MR) is 151 cm³/mol. The van der Waals surface area contributed by atoms with Crippen LogP contribution in [0.15, 0.2) is 0 Å². The Morgan fingerprint density at radius 3 is 1.29 bits per heavy atom. The average Bonchev–Trinajstić information content (AvgIpc) is 2.92. The van der Waals surface area contributed by atoms with Crippen LogP contribution in [-0.2, 0) is 16.4 Å². The second-order valence-corrected chi connectivity index (χ2v) is 13.0. The Balaban J connectivity index is 2.87. The maximum Gasteiger partial charge on any atom is 0.140 e. The highest BCUT2D eigenvalue weighted by Crippen LogP contribution is 2.41. The van der Waals surface area contributed by atoms with Crippen LogP contribution in [0, 0.1) is 20.8 Å². The fourth-order valence-corrected chi connectivity index (χ4v) is 6.48. The summed E-state index contributed by atoms with van der Waals surface area (Å²) in [7, 11) is 7.03. The lowest BCUT2D eigenvalue weighted by Crippen LogP contribution is -2.35. The summed E-state index contributed by atoms with van der Waals surface area (Å²) in [6.07, 6.45) is 0. The molecule has 3 aromatic rings. The Bertz CT molecular complexity index is 1130. The van der Waals surface area contributed by atoms with Gasteiger partial charge in [-0.25, -0.2) is 0 Å². The number of fused-ring (bicyclic) bond motifs is 3. The monoisotopic (exact) mass is 413 g/mol. The van der Waals surface area contributed by atoms with Gasteiger partial charge in [-0.3, -0.25) is 0 Å². The minimum atomic E-state index is -0.000220. The standard InChI is InChI=1S/C27H42B3N/c1-13-16-17-22(30)19(26(7,8)9)21(29)15(3)24(17)31(27(10,11)12)23(16)14(2)20(28)18(13)25(4,5)6/h28-30H2,1-12H3. The van der Waals surface area contributed by atoms with E-state index in [9.17, 15) is 0 Å². The molecule has 0 amide bonds. The van der Waals surface area contributed by atoms with Crippen LogP contribution in [0.1, 0.15) is 90.1 Å². The van der Waals surface area contributed by atoms with Gasteiger partial charge in [0.15, 0.2) is 0 Å². The first-order valence-electron chi connectivity index (χ1n) is 11.9. The Labute approximate surface area is 193 Å². The minimum Gasteiger partial charge on any atom is -0.335 e. The van der Waals surface area contributed by atoms with E-state index in [1.807, 2.05) is 0 Å². The zero-order valence-corrected chi connectivity index (χ0v) is 22.9. The first-order chi connectivity index (χ1) is 13.8. The molecule has 0 spiro atoms. The van der Waals surface area contributed by atoms with Crippen LogP contribution in [0.3, 0.4) is 0 Å². The van der Waals surface area contributed by atoms with Gasteiger partial charge < -0.3 is 4.57 Å². The van der Waals surface area contributed by atoms with Gasteiger partial charge in [-0.2, -0.15) is 0 Å². The molecule has 0 unspecified atom stereocenters. The molecule has 1 nitrogen and oxygen atoms in total. The van der Waals surface area contributed by atoms with Gasteiger partial charge in [0.25, 0.3) is 0 Å². The van der Waals surface area contributed by atoms with Crippen LogP contribution in [0.4, 0.5) is 0 Å². The van der Waals surface area contributed by atoms with E-state index in [1.165, 1.54) is 66.0 Å². The highest BCUT2D eigenvalue weighted by molar-refractivity contribution is 6.48. The van der Waals surface area contributed by atoms with Crippen LogP contribution in [0.25, 0.3) is 21.8 Å². The highest BCUT2D eigenvalue weighted by atomic mass is 15.1. The van der Waals surface area contributed by atoms with Gasteiger partial charge in [0.1, 0.15) is 23.5 Å². The molecular weight excluding hydrogens is 371 g/mol. The van der Waals surface area contributed by atoms with E-state index in [4.69, 9.17) is 0 Å². The molecule has 2 aromatic carbocycles. The summed E-state index contributed by atoms with van der Waals surface area (Å²) in [4.78, 5) is 0. The lowest BCUT2D eigenvalue weighted by atomic mass is 9.67. The van der Waals surface area contributed by atoms with Crippen molar-refractivity contribution in [3.8, 4) is 0 Å². The van der Waals surface area contributed by atoms with Gasteiger partial charge in [-0.05, 0) is 74.6 Å². The van der Waals surface area contributed by atoms with E-state index < -0.39 is 0 Å². The molecule has 164 valence electrons. The van der Waals surface area contributed by atoms with E-state index in [0.29, 0.717) is 0 Å². The van der Waals surface area contributed by atoms with Crippen LogP contribution in [0.5, 0.6) is 0 Å². The van der Waals surface area contributed by atoms with E-state index in [-0.39, 0.29) is 16.4 Å². The molecule has 4 heteroatoms. The molecule has 0 N–H and O–H groups in total. The fraction of sp³-hybridized carbons (Fsp3) is 0.556. The van der Waals surface area contributed by atoms with E-state index >= 15 is 0 Å². The van der Waals surface area contributed by atoms with E-state index in [1.54, 1.807) is 0 Å². The van der Waals surface area contributed by atoms with Crippen molar-refractivity contribution in [3.05, 3.63) is 27.8 Å². The number of aryl methyl sites for hydroxylation is 3. The minimum absolute atomic E-state index is 0.000220. The zero-order valence-electron chi connectivity index (χ0n) is 22.9. The molecule has 0 saturated heterocycles. The Morgan fingerprint density at radius 2 is 0.903 bits per heavy atom. The third-order valence-electron chi connectivity index (χ3n) is 7.43. The maximum atomic E-state index is 2.65. The van der Waals surface area contributed by atoms with Crippen molar-refractivity contribution < 1.29 is 0 Å². The number of benzene rings is 2. The van der Waals surface area contributed by atoms with Gasteiger partial charge >= 0.3 is 0 Å². The molecule has 0 bridgehead atoms. The number of hydrogen-bond donors (Lipinski definition) is 0. The number of hydrogen-bond acceptors (Lipinski definition) is 0. The molecule has 0 aliphatic heterocycles. The molecule has 0 radical (unpaired) electrons. The first kappa shape index (κ1) is 24.1. The van der Waals surface area contributed by atoms with Crippen LogP contribution < -0.4 is 16.4 Å². The summed E-state index contributed by atoms with van der Waals surface area (Å²) in [5, 5.41) is 2.95. The van der Waals surface area contributed by atoms with Crippen molar-refractivity contribution in [2.75, 3.05) is 0 Å². The fourth-order valence-electron chi connectivity index (χ4n) is 6.48. The Morgan fingerprint density at radius 1 is 0.516 bits per heavy atom. The smallest absolute Gasteiger partial charge is 0.140 e. The molecule has 0 aliphatic rings. The molecule has 3 rings (SSSR count). The number of aromatic nitrogens is 1. The van der Waals surface area contributed by atoms with Gasteiger partial charge in [-0.1, -0.05) is 63.5 Å². The second-order valence-electron chi connectivity index (χ2n) is 13.0. The van der Waals surface area contributed by atoms with Gasteiger partial charge in [0, 0.05) is 16.3 Å². The summed E-state index contributed by atoms with van der Waals surface area (Å²) in [5.41, 5.74) is 14.8. The van der Waals surface area contributed by atoms with E-state index in [2.05, 4.69) is 111 Å². The quantitative estimate of drug-likeness (QED) is 0.500. The summed E-state index contributed by atoms with van der Waals surface area (Å²) in [6, 6.07) is 0. The normalized spacial score (nSPS) is 13.5. The largest absolute Gasteiger partial charge is 0.335 e. The summed E-state index contributed by atoms with van der Waals surface area (Å²) in [6.45, 7) is 28.3. The lowest BCUT2D eigenvalue weighted by molar-refractivity contribution is 0.422. The van der Waals surface area contributed by atoms with Crippen molar-refractivity contribution in [1.82, 2.24) is 4.57 Å². The van der Waals surface area contributed by atoms with Gasteiger partial charge in [0.2, 0.25) is 0 Å². The molecule has 0 aliphatic carbocycles. The Hall–Kier alpha value is -1.57. The van der Waals surface area contributed by atoms with Crippen molar-refractivity contribution in [3.63, 3.8) is 0 Å². The number of rotatable bonds is 0. The van der Waals surface area contributed by atoms with Crippen molar-refractivity contribution in [2.45, 2.75) is 99.5 Å². The van der Waals surface area contributed by atoms with Crippen molar-refractivity contribution in [1.29, 1.82) is 0 Å². The van der Waals surface area contributed by atoms with Gasteiger partial charge in [0.05, 0.1) is 11.0 Å². The average molecular weight is 413 g/mol.